The van der Waals surface area contributed by atoms with Crippen molar-refractivity contribution >= 4 is 9.52 Å². The Bertz CT molecular complexity index is 245. The van der Waals surface area contributed by atoms with Crippen molar-refractivity contribution in [3.05, 3.63) is 0 Å². The Hall–Kier alpha value is -0.383. The van der Waals surface area contributed by atoms with Crippen molar-refractivity contribution < 1.29 is 9.47 Å². The lowest BCUT2D eigenvalue weighted by Crippen LogP contribution is -2.40. The van der Waals surface area contributed by atoms with Crippen molar-refractivity contribution in [2.45, 2.75) is 39.1 Å². The third kappa shape index (κ3) is 7.52. The molecule has 2 atom stereocenters. The lowest BCUT2D eigenvalue weighted by molar-refractivity contribution is -0.192. The van der Waals surface area contributed by atoms with Gasteiger partial charge in [0.2, 0.25) is 0 Å². The summed E-state index contributed by atoms with van der Waals surface area (Å²) in [7, 11) is 7.28. The lowest BCUT2D eigenvalue weighted by Gasteiger charge is -2.29. The summed E-state index contributed by atoms with van der Waals surface area (Å²) in [6.45, 7) is 5.89. The van der Waals surface area contributed by atoms with Crippen LogP contribution in [0.4, 0.5) is 0 Å². The summed E-state index contributed by atoms with van der Waals surface area (Å²) in [6, 6.07) is 0. The highest BCUT2D eigenvalue weighted by Gasteiger charge is 2.18. The Labute approximate surface area is 108 Å². The number of nitrogens with zero attached hydrogens (tertiary/aromatic N) is 2. The van der Waals surface area contributed by atoms with E-state index in [2.05, 4.69) is 11.5 Å². The van der Waals surface area contributed by atoms with E-state index in [0.29, 0.717) is 0 Å². The summed E-state index contributed by atoms with van der Waals surface area (Å²) in [5.74, 6) is 2.77. The Morgan fingerprint density at radius 2 is 1.35 bits per heavy atom. The summed E-state index contributed by atoms with van der Waals surface area (Å²) >= 11 is 0. The van der Waals surface area contributed by atoms with Gasteiger partial charge in [-0.2, -0.15) is 0 Å². The van der Waals surface area contributed by atoms with Crippen molar-refractivity contribution in [3.8, 4) is 11.5 Å². The van der Waals surface area contributed by atoms with Crippen LogP contribution in [0.5, 0.6) is 0 Å². The highest BCUT2D eigenvalue weighted by molar-refractivity contribution is 6.47. The van der Waals surface area contributed by atoms with Crippen molar-refractivity contribution in [3.63, 3.8) is 0 Å². The Morgan fingerprint density at radius 3 is 1.65 bits per heavy atom. The van der Waals surface area contributed by atoms with E-state index in [-0.39, 0.29) is 18.4 Å². The first-order valence-corrected chi connectivity index (χ1v) is 7.44. The van der Waals surface area contributed by atoms with Crippen LogP contribution < -0.4 is 0 Å². The molecule has 0 aromatic heterocycles. The van der Waals surface area contributed by atoms with E-state index < -0.39 is 9.52 Å². The minimum atomic E-state index is -0.683. The molecule has 0 saturated carbocycles. The molecule has 0 fully saturated rings. The summed E-state index contributed by atoms with van der Waals surface area (Å²) in [4.78, 5) is 4.04. The van der Waals surface area contributed by atoms with Gasteiger partial charge in [-0.05, 0) is 49.0 Å². The van der Waals surface area contributed by atoms with Crippen LogP contribution in [0.1, 0.15) is 20.8 Å². The molecule has 0 aromatic carbocycles. The average Bonchev–Trinajstić information content (AvgIpc) is 2.25. The van der Waals surface area contributed by atoms with Crippen LogP contribution in [0.2, 0.25) is 0 Å². The molecule has 17 heavy (non-hydrogen) atoms. The third-order valence-corrected chi connectivity index (χ3v) is 3.87. The maximum absolute atomic E-state index is 5.87. The average molecular weight is 258 g/mol. The zero-order valence-corrected chi connectivity index (χ0v) is 13.6. The van der Waals surface area contributed by atoms with Crippen molar-refractivity contribution in [2.24, 2.45) is 0 Å². The smallest absolute Gasteiger partial charge is 0.172 e. The molecule has 4 nitrogen and oxygen atoms in total. The molecule has 0 aliphatic rings. The van der Waals surface area contributed by atoms with Crippen LogP contribution in [-0.4, -0.2) is 65.9 Å². The van der Waals surface area contributed by atoms with Crippen molar-refractivity contribution in [2.75, 3.05) is 28.2 Å². The topological polar surface area (TPSA) is 24.9 Å². The zero-order chi connectivity index (χ0) is 13.4. The normalized spacial score (nSPS) is 17.2. The first-order chi connectivity index (χ1) is 7.88. The number of hydrogen-bond donors (Lipinski definition) is 0. The fourth-order valence-electron chi connectivity index (χ4n) is 0.996. The van der Waals surface area contributed by atoms with E-state index in [1.807, 2.05) is 58.8 Å². The summed E-state index contributed by atoms with van der Waals surface area (Å²) < 4.78 is 11.7. The minimum Gasteiger partial charge on any atom is -0.338 e. The molecule has 0 aliphatic heterocycles. The largest absolute Gasteiger partial charge is 0.338 e. The second kappa shape index (κ2) is 8.67. The first-order valence-electron chi connectivity index (χ1n) is 5.91. The molecular weight excluding hydrogens is 232 g/mol. The Morgan fingerprint density at radius 1 is 0.941 bits per heavy atom. The SMILES string of the molecule is CC#C[SiH2]C(OC(C)N(C)C)OC(C)N(C)C. The maximum Gasteiger partial charge on any atom is 0.172 e. The fraction of sp³-hybridized carbons (Fsp3) is 0.833. The van der Waals surface area contributed by atoms with Crippen molar-refractivity contribution in [1.29, 1.82) is 0 Å². The highest BCUT2D eigenvalue weighted by atomic mass is 28.2. The van der Waals surface area contributed by atoms with Gasteiger partial charge in [0.15, 0.2) is 15.4 Å². The third-order valence-electron chi connectivity index (χ3n) is 2.60. The predicted molar refractivity (Wildman–Crippen MR) is 74.3 cm³/mol. The lowest BCUT2D eigenvalue weighted by atomic mass is 10.6. The van der Waals surface area contributed by atoms with Crippen LogP contribution in [0.15, 0.2) is 0 Å². The molecule has 0 aliphatic carbocycles. The molecule has 0 radical (unpaired) electrons. The van der Waals surface area contributed by atoms with Crippen LogP contribution in [-0.2, 0) is 9.47 Å². The molecule has 0 spiro atoms. The van der Waals surface area contributed by atoms with Gasteiger partial charge < -0.3 is 9.47 Å². The number of hydrogen-bond acceptors (Lipinski definition) is 4. The molecule has 0 aromatic rings. The van der Waals surface area contributed by atoms with E-state index in [4.69, 9.17) is 9.47 Å². The second-order valence-electron chi connectivity index (χ2n) is 4.46. The van der Waals surface area contributed by atoms with Crippen LogP contribution >= 0.6 is 0 Å². The molecule has 0 rings (SSSR count). The van der Waals surface area contributed by atoms with Gasteiger partial charge in [-0.1, -0.05) is 0 Å². The summed E-state index contributed by atoms with van der Waals surface area (Å²) in [5.41, 5.74) is 3.14. The van der Waals surface area contributed by atoms with Gasteiger partial charge in [-0.15, -0.1) is 11.5 Å². The first kappa shape index (κ1) is 16.6. The minimum absolute atomic E-state index is 0.0421. The zero-order valence-electron chi connectivity index (χ0n) is 12.2. The van der Waals surface area contributed by atoms with Crippen LogP contribution in [0, 0.1) is 11.5 Å². The Kier molecular flexibility index (Phi) is 8.48. The molecule has 5 heteroatoms. The Balaban J connectivity index is 4.35. The van der Waals surface area contributed by atoms with Gasteiger partial charge in [0.05, 0.1) is 0 Å². The monoisotopic (exact) mass is 258 g/mol. The molecule has 0 N–H and O–H groups in total. The standard InChI is InChI=1S/C12H26N2O2Si/c1-8-9-17-12(15-10(2)13(4)5)16-11(3)14(6)7/h10-12H,17H2,1-7H3. The molecule has 2 unspecified atom stereocenters. The van der Waals surface area contributed by atoms with Crippen molar-refractivity contribution in [1.82, 2.24) is 9.80 Å². The molecular formula is C12H26N2O2Si. The van der Waals surface area contributed by atoms with E-state index >= 15 is 0 Å². The predicted octanol–water partition coefficient (Wildman–Crippen LogP) is 0.268. The quantitative estimate of drug-likeness (QED) is 0.372. The summed E-state index contributed by atoms with van der Waals surface area (Å²) in [5, 5.41) is 0. The molecule has 0 amide bonds. The molecule has 0 heterocycles. The van der Waals surface area contributed by atoms with Crippen LogP contribution in [0.3, 0.4) is 0 Å². The van der Waals surface area contributed by atoms with Gasteiger partial charge in [0.25, 0.3) is 0 Å². The molecule has 100 valence electrons. The second-order valence-corrected chi connectivity index (χ2v) is 5.89. The van der Waals surface area contributed by atoms with E-state index in [1.54, 1.807) is 0 Å². The van der Waals surface area contributed by atoms with E-state index in [1.165, 1.54) is 0 Å². The summed E-state index contributed by atoms with van der Waals surface area (Å²) in [6.07, 6.45) is 0.0843. The number of ether oxygens (including phenoxy) is 2. The fourth-order valence-corrected chi connectivity index (χ4v) is 2.12. The van der Waals surface area contributed by atoms with Crippen LogP contribution in [0.25, 0.3) is 0 Å². The molecule has 0 saturated heterocycles. The molecule has 0 bridgehead atoms. The van der Waals surface area contributed by atoms with Gasteiger partial charge in [-0.25, -0.2) is 0 Å². The highest BCUT2D eigenvalue weighted by Crippen LogP contribution is 2.06. The number of rotatable bonds is 7. The van der Waals surface area contributed by atoms with Gasteiger partial charge in [0.1, 0.15) is 12.5 Å². The van der Waals surface area contributed by atoms with Gasteiger partial charge in [0, 0.05) is 0 Å². The van der Waals surface area contributed by atoms with E-state index in [9.17, 15) is 0 Å². The maximum atomic E-state index is 5.87. The van der Waals surface area contributed by atoms with Gasteiger partial charge >= 0.3 is 0 Å². The van der Waals surface area contributed by atoms with E-state index in [0.717, 1.165) is 0 Å². The van der Waals surface area contributed by atoms with Gasteiger partial charge in [-0.3, -0.25) is 9.80 Å².